The van der Waals surface area contributed by atoms with Gasteiger partial charge in [0.15, 0.2) is 0 Å². The van der Waals surface area contributed by atoms with E-state index in [1.807, 2.05) is 30.3 Å². The van der Waals surface area contributed by atoms with Gasteiger partial charge in [0.05, 0.1) is 17.2 Å². The van der Waals surface area contributed by atoms with Crippen molar-refractivity contribution in [1.29, 1.82) is 0 Å². The minimum Gasteiger partial charge on any atom is -0.398 e. The van der Waals surface area contributed by atoms with Crippen LogP contribution in [-0.2, 0) is 13.5 Å². The first-order chi connectivity index (χ1) is 17.8. The van der Waals surface area contributed by atoms with Crippen molar-refractivity contribution >= 4 is 34.2 Å². The smallest absolute Gasteiger partial charge is 0.264 e. The largest absolute Gasteiger partial charge is 0.398 e. The number of fused-ring (bicyclic) bond motifs is 2. The third kappa shape index (κ3) is 4.90. The molecule has 0 atom stereocenters. The zero-order valence-corrected chi connectivity index (χ0v) is 21.3. The van der Waals surface area contributed by atoms with Crippen LogP contribution in [0.25, 0.3) is 16.6 Å². The average molecular weight is 506 g/mol. The first-order valence-corrected chi connectivity index (χ1v) is 12.9. The van der Waals surface area contributed by atoms with Crippen LogP contribution in [0.15, 0.2) is 52.3 Å². The lowest BCUT2D eigenvalue weighted by Crippen LogP contribution is -2.29. The third-order valence-electron chi connectivity index (χ3n) is 7.49. The lowest BCUT2D eigenvalue weighted by atomic mass is 9.93. The maximum absolute atomic E-state index is 14.3. The Bertz CT molecular complexity index is 1440. The predicted molar refractivity (Wildman–Crippen MR) is 147 cm³/mol. The lowest BCUT2D eigenvalue weighted by molar-refractivity contribution is 0.151. The number of piperidine rings is 1. The zero-order chi connectivity index (χ0) is 26.1. The Morgan fingerprint density at radius 1 is 1.19 bits per heavy atom. The van der Waals surface area contributed by atoms with Gasteiger partial charge in [0.2, 0.25) is 0 Å². The third-order valence-corrected chi connectivity index (χ3v) is 7.49. The maximum atomic E-state index is 14.3. The Labute approximate surface area is 215 Å². The van der Waals surface area contributed by atoms with E-state index in [9.17, 15) is 13.6 Å². The molecule has 0 radical (unpaired) electrons. The fraction of sp³-hybridized carbons (Fsp3) is 0.379. The van der Waals surface area contributed by atoms with E-state index in [2.05, 4.69) is 15.2 Å². The monoisotopic (exact) mass is 505 g/mol. The van der Waals surface area contributed by atoms with Crippen molar-refractivity contribution in [2.45, 2.75) is 45.1 Å². The van der Waals surface area contributed by atoms with E-state index in [1.54, 1.807) is 36.9 Å². The molecule has 8 heteroatoms. The van der Waals surface area contributed by atoms with E-state index < -0.39 is 6.43 Å². The molecule has 6 nitrogen and oxygen atoms in total. The summed E-state index contributed by atoms with van der Waals surface area (Å²) in [6, 6.07) is 11.3. The number of nitrogens with two attached hydrogens (primary N) is 1. The summed E-state index contributed by atoms with van der Waals surface area (Å²) in [6.07, 6.45) is 4.21. The Morgan fingerprint density at radius 2 is 1.97 bits per heavy atom. The number of aromatic nitrogens is 1. The Kier molecular flexibility index (Phi) is 7.11. The molecule has 3 N–H and O–H groups in total. The Hall–Kier alpha value is -3.52. The summed E-state index contributed by atoms with van der Waals surface area (Å²) in [5.41, 5.74) is 11.0. The van der Waals surface area contributed by atoms with Gasteiger partial charge in [0.1, 0.15) is 0 Å². The van der Waals surface area contributed by atoms with Crippen LogP contribution in [0.1, 0.15) is 47.9 Å². The molecule has 0 amide bonds. The molecule has 194 valence electrons. The topological polar surface area (TPSA) is 75.7 Å². The summed E-state index contributed by atoms with van der Waals surface area (Å²) in [5, 5.41) is 4.23. The molecule has 2 aliphatic rings. The van der Waals surface area contributed by atoms with Gasteiger partial charge < -0.3 is 20.5 Å². The molecule has 0 unspecified atom stereocenters. The van der Waals surface area contributed by atoms with E-state index in [1.165, 1.54) is 0 Å². The number of benzene rings is 2. The number of halogens is 2. The van der Waals surface area contributed by atoms with Crippen LogP contribution >= 0.6 is 0 Å². The highest BCUT2D eigenvalue weighted by Gasteiger charge is 2.25. The Morgan fingerprint density at radius 3 is 2.73 bits per heavy atom. The molecular weight excluding hydrogens is 472 g/mol. The molecule has 0 aliphatic carbocycles. The van der Waals surface area contributed by atoms with Gasteiger partial charge in [-0.05, 0) is 87.7 Å². The van der Waals surface area contributed by atoms with E-state index in [0.29, 0.717) is 23.4 Å². The number of rotatable bonds is 5. The van der Waals surface area contributed by atoms with E-state index in [-0.39, 0.29) is 17.2 Å². The number of alkyl halides is 2. The molecule has 3 heterocycles. The second-order valence-electron chi connectivity index (χ2n) is 9.93. The SMILES string of the molecule is Cc1cc2c(N3CCCc4cc(/C(N)=C/C=NC5CCNCC5)c(C(F)F)cc43)cccc2n(C)c1=O. The molecule has 0 spiro atoms. The number of anilines is 2. The molecule has 37 heavy (non-hydrogen) atoms. The van der Waals surface area contributed by atoms with Crippen LogP contribution in [0.4, 0.5) is 20.2 Å². The first kappa shape index (κ1) is 25.1. The molecule has 0 saturated carbocycles. The summed E-state index contributed by atoms with van der Waals surface area (Å²) < 4.78 is 30.3. The highest BCUT2D eigenvalue weighted by Crippen LogP contribution is 2.41. The van der Waals surface area contributed by atoms with Gasteiger partial charge in [-0.1, -0.05) is 6.07 Å². The van der Waals surface area contributed by atoms with Gasteiger partial charge >= 0.3 is 0 Å². The lowest BCUT2D eigenvalue weighted by Gasteiger charge is -2.33. The van der Waals surface area contributed by atoms with Gasteiger partial charge in [-0.15, -0.1) is 0 Å². The summed E-state index contributed by atoms with van der Waals surface area (Å²) in [7, 11) is 1.76. The number of aliphatic imine (C=N–C) groups is 1. The summed E-state index contributed by atoms with van der Waals surface area (Å²) in [6.45, 7) is 4.37. The zero-order valence-electron chi connectivity index (χ0n) is 21.3. The highest BCUT2D eigenvalue weighted by atomic mass is 19.3. The molecular formula is C29H33F2N5O. The predicted octanol–water partition coefficient (Wildman–Crippen LogP) is 4.99. The average Bonchev–Trinajstić information content (AvgIpc) is 2.91. The van der Waals surface area contributed by atoms with Crippen molar-refractivity contribution in [2.75, 3.05) is 24.5 Å². The molecule has 5 rings (SSSR count). The number of hydrogen-bond donors (Lipinski definition) is 2. The van der Waals surface area contributed by atoms with E-state index in [0.717, 1.165) is 66.6 Å². The second-order valence-corrected chi connectivity index (χ2v) is 9.93. The number of hydrogen-bond acceptors (Lipinski definition) is 5. The van der Waals surface area contributed by atoms with Gasteiger partial charge in [0.25, 0.3) is 12.0 Å². The van der Waals surface area contributed by atoms with Crippen molar-refractivity contribution in [3.8, 4) is 0 Å². The summed E-state index contributed by atoms with van der Waals surface area (Å²) >= 11 is 0. The minimum atomic E-state index is -2.67. The molecule has 2 aromatic carbocycles. The van der Waals surface area contributed by atoms with Gasteiger partial charge in [-0.2, -0.15) is 0 Å². The molecule has 2 aliphatic heterocycles. The fourth-order valence-corrected chi connectivity index (χ4v) is 5.49. The van der Waals surface area contributed by atoms with Crippen LogP contribution in [0.5, 0.6) is 0 Å². The van der Waals surface area contributed by atoms with Crippen molar-refractivity contribution in [2.24, 2.45) is 17.8 Å². The molecule has 0 bridgehead atoms. The quantitative estimate of drug-likeness (QED) is 0.479. The molecule has 1 fully saturated rings. The molecule has 1 saturated heterocycles. The van der Waals surface area contributed by atoms with Crippen molar-refractivity contribution < 1.29 is 8.78 Å². The number of allylic oxidation sites excluding steroid dienone is 1. The van der Waals surface area contributed by atoms with Gasteiger partial charge in [0, 0.05) is 53.3 Å². The Balaban J connectivity index is 1.56. The minimum absolute atomic E-state index is 0.0423. The molecule has 1 aromatic heterocycles. The van der Waals surface area contributed by atoms with Crippen LogP contribution in [0, 0.1) is 6.92 Å². The number of aryl methyl sites for hydroxylation is 3. The van der Waals surface area contributed by atoms with Gasteiger partial charge in [-0.25, -0.2) is 8.78 Å². The number of nitrogens with one attached hydrogen (secondary N) is 1. The van der Waals surface area contributed by atoms with Crippen LogP contribution in [0.3, 0.4) is 0 Å². The van der Waals surface area contributed by atoms with Crippen LogP contribution in [-0.4, -0.2) is 36.5 Å². The van der Waals surface area contributed by atoms with Crippen molar-refractivity contribution in [1.82, 2.24) is 9.88 Å². The van der Waals surface area contributed by atoms with E-state index in [4.69, 9.17) is 5.73 Å². The highest BCUT2D eigenvalue weighted by molar-refractivity contribution is 5.95. The summed E-state index contributed by atoms with van der Waals surface area (Å²) in [5.74, 6) is 0. The second kappa shape index (κ2) is 10.5. The summed E-state index contributed by atoms with van der Waals surface area (Å²) in [4.78, 5) is 19.2. The van der Waals surface area contributed by atoms with Crippen LogP contribution < -0.4 is 21.5 Å². The van der Waals surface area contributed by atoms with Crippen LogP contribution in [0.2, 0.25) is 0 Å². The number of nitrogens with zero attached hydrogens (tertiary/aromatic N) is 3. The maximum Gasteiger partial charge on any atom is 0.264 e. The standard InChI is InChI=1S/C29H33F2N5O/c1-18-15-23-25(35(2)29(18)37)6-3-7-26(23)36-14-4-5-19-16-21(22(28(30)31)17-27(19)36)24(32)10-13-34-20-8-11-33-12-9-20/h3,6-7,10,13,15-17,20,28,33H,4-5,8-9,11-12,14,32H2,1-2H3/b24-10-,34-13?. The first-order valence-electron chi connectivity index (χ1n) is 12.9. The van der Waals surface area contributed by atoms with Crippen molar-refractivity contribution in [3.05, 3.63) is 75.1 Å². The molecule has 3 aromatic rings. The van der Waals surface area contributed by atoms with Crippen molar-refractivity contribution in [3.63, 3.8) is 0 Å². The van der Waals surface area contributed by atoms with Gasteiger partial charge in [-0.3, -0.25) is 9.79 Å². The normalized spacial score (nSPS) is 17.2. The fourth-order valence-electron chi connectivity index (χ4n) is 5.49. The van der Waals surface area contributed by atoms with E-state index >= 15 is 0 Å². The number of pyridine rings is 1.